The zero-order valence-electron chi connectivity index (χ0n) is 12.8. The molecule has 0 saturated carbocycles. The Kier molecular flexibility index (Phi) is 6.89. The summed E-state index contributed by atoms with van der Waals surface area (Å²) in [4.78, 5) is 0. The number of likely N-dealkylation sites (N-methyl/N-ethyl adjacent to an activating group) is 1. The summed E-state index contributed by atoms with van der Waals surface area (Å²) in [7, 11) is 3.50. The van der Waals surface area contributed by atoms with E-state index in [4.69, 9.17) is 9.47 Å². The van der Waals surface area contributed by atoms with Crippen molar-refractivity contribution in [1.29, 1.82) is 0 Å². The van der Waals surface area contributed by atoms with Crippen LogP contribution in [0, 0.1) is 6.92 Å². The molecule has 0 amide bonds. The topological polar surface area (TPSA) is 30.5 Å². The lowest BCUT2D eigenvalue weighted by Crippen LogP contribution is -2.34. The van der Waals surface area contributed by atoms with Gasteiger partial charge in [-0.1, -0.05) is 24.6 Å². The van der Waals surface area contributed by atoms with Crippen LogP contribution in [-0.4, -0.2) is 32.9 Å². The number of hydrogen-bond donors (Lipinski definition) is 1. The van der Waals surface area contributed by atoms with E-state index in [2.05, 4.69) is 38.2 Å². The van der Waals surface area contributed by atoms with E-state index in [1.54, 1.807) is 14.2 Å². The highest BCUT2D eigenvalue weighted by Crippen LogP contribution is 2.22. The van der Waals surface area contributed by atoms with Crippen LogP contribution in [0.4, 0.5) is 0 Å². The zero-order valence-corrected chi connectivity index (χ0v) is 12.8. The van der Waals surface area contributed by atoms with Gasteiger partial charge in [-0.3, -0.25) is 0 Å². The van der Waals surface area contributed by atoms with Gasteiger partial charge in [0.2, 0.25) is 0 Å². The molecule has 0 fully saturated rings. The first-order valence-electron chi connectivity index (χ1n) is 7.00. The van der Waals surface area contributed by atoms with Crippen LogP contribution in [0.1, 0.15) is 31.4 Å². The number of rotatable bonds is 8. The van der Waals surface area contributed by atoms with E-state index in [-0.39, 0.29) is 6.10 Å². The van der Waals surface area contributed by atoms with Crippen molar-refractivity contribution < 1.29 is 9.47 Å². The molecule has 19 heavy (non-hydrogen) atoms. The average Bonchev–Trinajstić information content (AvgIpc) is 2.39. The van der Waals surface area contributed by atoms with E-state index >= 15 is 0 Å². The van der Waals surface area contributed by atoms with Gasteiger partial charge in [-0.2, -0.15) is 0 Å². The third-order valence-corrected chi connectivity index (χ3v) is 3.41. The van der Waals surface area contributed by atoms with Crippen molar-refractivity contribution in [1.82, 2.24) is 5.32 Å². The number of nitrogens with one attached hydrogen (secondary N) is 1. The second-order valence-corrected chi connectivity index (χ2v) is 5.06. The van der Waals surface area contributed by atoms with Gasteiger partial charge in [0.15, 0.2) is 0 Å². The van der Waals surface area contributed by atoms with E-state index in [9.17, 15) is 0 Å². The molecule has 0 aliphatic carbocycles. The van der Waals surface area contributed by atoms with Crippen LogP contribution in [0.15, 0.2) is 18.2 Å². The lowest BCUT2D eigenvalue weighted by atomic mass is 9.98. The standard InChI is InChI=1S/C16H27NO2/c1-6-17-15(10-13(3)18-4)11-14-9-12(2)7-8-16(14)19-5/h7-9,13,15,17H,6,10-11H2,1-5H3. The van der Waals surface area contributed by atoms with E-state index < -0.39 is 0 Å². The minimum Gasteiger partial charge on any atom is -0.496 e. The summed E-state index contributed by atoms with van der Waals surface area (Å²) in [5, 5.41) is 3.53. The summed E-state index contributed by atoms with van der Waals surface area (Å²) < 4.78 is 10.8. The van der Waals surface area contributed by atoms with E-state index in [0.29, 0.717) is 6.04 Å². The Balaban J connectivity index is 2.80. The summed E-state index contributed by atoms with van der Waals surface area (Å²) in [6.07, 6.45) is 2.23. The fourth-order valence-electron chi connectivity index (χ4n) is 2.36. The molecule has 0 heterocycles. The second-order valence-electron chi connectivity index (χ2n) is 5.06. The minimum absolute atomic E-state index is 0.264. The highest BCUT2D eigenvalue weighted by atomic mass is 16.5. The predicted molar refractivity (Wildman–Crippen MR) is 80.0 cm³/mol. The first kappa shape index (κ1) is 16.0. The number of methoxy groups -OCH3 is 2. The van der Waals surface area contributed by atoms with E-state index in [1.807, 2.05) is 6.07 Å². The smallest absolute Gasteiger partial charge is 0.122 e. The summed E-state index contributed by atoms with van der Waals surface area (Å²) in [5.74, 6) is 0.971. The molecule has 0 aromatic heterocycles. The Bertz CT molecular complexity index is 379. The van der Waals surface area contributed by atoms with E-state index in [1.165, 1.54) is 11.1 Å². The lowest BCUT2D eigenvalue weighted by Gasteiger charge is -2.22. The van der Waals surface area contributed by atoms with Crippen LogP contribution < -0.4 is 10.1 Å². The highest BCUT2D eigenvalue weighted by Gasteiger charge is 2.15. The van der Waals surface area contributed by atoms with Gasteiger partial charge in [-0.15, -0.1) is 0 Å². The van der Waals surface area contributed by atoms with Crippen LogP contribution in [0.25, 0.3) is 0 Å². The van der Waals surface area contributed by atoms with Gasteiger partial charge >= 0.3 is 0 Å². The van der Waals surface area contributed by atoms with E-state index in [0.717, 1.165) is 25.1 Å². The van der Waals surface area contributed by atoms with Crippen molar-refractivity contribution in [3.8, 4) is 5.75 Å². The predicted octanol–water partition coefficient (Wildman–Crippen LogP) is 2.95. The molecule has 1 aromatic rings. The summed E-state index contributed by atoms with van der Waals surface area (Å²) in [6, 6.07) is 6.76. The average molecular weight is 265 g/mol. The van der Waals surface area contributed by atoms with Crippen LogP contribution in [-0.2, 0) is 11.2 Å². The van der Waals surface area contributed by atoms with Crippen molar-refractivity contribution in [2.75, 3.05) is 20.8 Å². The molecule has 0 aliphatic heterocycles. The molecule has 0 saturated heterocycles. The molecule has 0 bridgehead atoms. The molecule has 0 radical (unpaired) electrons. The molecule has 1 aromatic carbocycles. The Hall–Kier alpha value is -1.06. The number of benzene rings is 1. The fraction of sp³-hybridized carbons (Fsp3) is 0.625. The number of aryl methyl sites for hydroxylation is 1. The van der Waals surface area contributed by atoms with Gasteiger partial charge in [0, 0.05) is 13.2 Å². The molecular formula is C16H27NO2. The number of hydrogen-bond acceptors (Lipinski definition) is 3. The molecular weight excluding hydrogens is 238 g/mol. The molecule has 1 rings (SSSR count). The highest BCUT2D eigenvalue weighted by molar-refractivity contribution is 5.37. The van der Waals surface area contributed by atoms with Gasteiger partial charge in [0.05, 0.1) is 13.2 Å². The minimum atomic E-state index is 0.264. The largest absolute Gasteiger partial charge is 0.496 e. The van der Waals surface area contributed by atoms with Crippen LogP contribution in [0.3, 0.4) is 0 Å². The van der Waals surface area contributed by atoms with Gasteiger partial charge < -0.3 is 14.8 Å². The maximum Gasteiger partial charge on any atom is 0.122 e. The molecule has 0 aliphatic rings. The van der Waals surface area contributed by atoms with Gasteiger partial charge in [0.25, 0.3) is 0 Å². The quantitative estimate of drug-likeness (QED) is 0.784. The Morgan fingerprint density at radius 3 is 2.58 bits per heavy atom. The monoisotopic (exact) mass is 265 g/mol. The van der Waals surface area contributed by atoms with Crippen molar-refractivity contribution >= 4 is 0 Å². The zero-order chi connectivity index (χ0) is 14.3. The van der Waals surface area contributed by atoms with Crippen molar-refractivity contribution in [3.63, 3.8) is 0 Å². The Morgan fingerprint density at radius 1 is 1.26 bits per heavy atom. The molecule has 0 spiro atoms. The molecule has 108 valence electrons. The van der Waals surface area contributed by atoms with Crippen molar-refractivity contribution in [2.45, 2.75) is 45.8 Å². The van der Waals surface area contributed by atoms with Crippen LogP contribution >= 0.6 is 0 Å². The SMILES string of the molecule is CCNC(Cc1cc(C)ccc1OC)CC(C)OC. The lowest BCUT2D eigenvalue weighted by molar-refractivity contribution is 0.100. The summed E-state index contributed by atoms with van der Waals surface area (Å²) in [5.41, 5.74) is 2.53. The molecule has 3 nitrogen and oxygen atoms in total. The molecule has 1 N–H and O–H groups in total. The summed E-state index contributed by atoms with van der Waals surface area (Å²) in [6.45, 7) is 7.33. The summed E-state index contributed by atoms with van der Waals surface area (Å²) >= 11 is 0. The molecule has 2 atom stereocenters. The Morgan fingerprint density at radius 2 is 2.00 bits per heavy atom. The third-order valence-electron chi connectivity index (χ3n) is 3.41. The van der Waals surface area contributed by atoms with Crippen molar-refractivity contribution in [2.24, 2.45) is 0 Å². The molecule has 3 heteroatoms. The fourth-order valence-corrected chi connectivity index (χ4v) is 2.36. The maximum absolute atomic E-state index is 5.45. The second kappa shape index (κ2) is 8.18. The van der Waals surface area contributed by atoms with Crippen molar-refractivity contribution in [3.05, 3.63) is 29.3 Å². The molecule has 2 unspecified atom stereocenters. The first-order chi connectivity index (χ1) is 9.10. The third kappa shape index (κ3) is 5.21. The van der Waals surface area contributed by atoms with Crippen LogP contribution in [0.2, 0.25) is 0 Å². The Labute approximate surface area is 117 Å². The van der Waals surface area contributed by atoms with Crippen LogP contribution in [0.5, 0.6) is 5.75 Å². The first-order valence-corrected chi connectivity index (χ1v) is 7.00. The van der Waals surface area contributed by atoms with Gasteiger partial charge in [0.1, 0.15) is 5.75 Å². The van der Waals surface area contributed by atoms with Gasteiger partial charge in [-0.25, -0.2) is 0 Å². The normalized spacial score (nSPS) is 14.2. The maximum atomic E-state index is 5.45. The number of ether oxygens (including phenoxy) is 2. The van der Waals surface area contributed by atoms with Gasteiger partial charge in [-0.05, 0) is 44.9 Å².